The zero-order valence-corrected chi connectivity index (χ0v) is 18.9. The molecule has 0 aliphatic carbocycles. The molecule has 156 valence electrons. The summed E-state index contributed by atoms with van der Waals surface area (Å²) in [6, 6.07) is 9.85. The summed E-state index contributed by atoms with van der Waals surface area (Å²) in [7, 11) is 3.10. The van der Waals surface area contributed by atoms with Crippen LogP contribution in [0.5, 0.6) is 11.5 Å². The number of hydrogen-bond donors (Lipinski definition) is 1. The molecule has 1 amide bonds. The number of carbonyl (C=O) groups is 2. The van der Waals surface area contributed by atoms with Crippen molar-refractivity contribution in [2.45, 2.75) is 6.92 Å². The maximum atomic E-state index is 12.9. The molecule has 3 rings (SSSR count). The lowest BCUT2D eigenvalue weighted by atomic mass is 10.2. The molecule has 0 atom stereocenters. The van der Waals surface area contributed by atoms with E-state index in [0.717, 1.165) is 10.0 Å². The number of hydrogen-bond acceptors (Lipinski definition) is 6. The number of aromatic carboxylic acids is 1. The number of amides is 1. The van der Waals surface area contributed by atoms with Crippen molar-refractivity contribution in [3.05, 3.63) is 56.9 Å². The highest BCUT2D eigenvalue weighted by Crippen LogP contribution is 2.38. The molecular weight excluding hydrogens is 472 g/mol. The van der Waals surface area contributed by atoms with Crippen LogP contribution in [0, 0.1) is 0 Å². The first-order chi connectivity index (χ1) is 14.4. The molecule has 1 fully saturated rings. The Morgan fingerprint density at radius 1 is 1.23 bits per heavy atom. The molecule has 1 aliphatic rings. The van der Waals surface area contributed by atoms with E-state index in [1.165, 1.54) is 23.9 Å². The van der Waals surface area contributed by atoms with Crippen molar-refractivity contribution in [3.8, 4) is 11.5 Å². The summed E-state index contributed by atoms with van der Waals surface area (Å²) in [6.07, 6.45) is 1.76. The van der Waals surface area contributed by atoms with Crippen molar-refractivity contribution in [3.63, 3.8) is 0 Å². The van der Waals surface area contributed by atoms with E-state index in [2.05, 4.69) is 20.9 Å². The van der Waals surface area contributed by atoms with Crippen LogP contribution in [0.4, 0.5) is 5.69 Å². The molecular formula is C21H19BrN2O5S. The Hall–Kier alpha value is -2.78. The highest BCUT2D eigenvalue weighted by atomic mass is 79.9. The van der Waals surface area contributed by atoms with Crippen molar-refractivity contribution in [1.82, 2.24) is 4.90 Å². The third-order valence-corrected chi connectivity index (χ3v) is 6.01. The van der Waals surface area contributed by atoms with E-state index in [1.807, 2.05) is 6.92 Å². The Bertz CT molecular complexity index is 1070. The number of rotatable bonds is 6. The molecule has 2 aromatic carbocycles. The van der Waals surface area contributed by atoms with Gasteiger partial charge in [0.2, 0.25) is 0 Å². The van der Waals surface area contributed by atoms with Gasteiger partial charge in [-0.05, 0) is 60.7 Å². The maximum absolute atomic E-state index is 12.9. The van der Waals surface area contributed by atoms with E-state index < -0.39 is 5.97 Å². The number of carboxylic acid groups (broad SMARTS) is 1. The molecule has 0 radical (unpaired) electrons. The Morgan fingerprint density at radius 3 is 2.57 bits per heavy atom. The molecule has 9 heteroatoms. The van der Waals surface area contributed by atoms with Crippen LogP contribution >= 0.6 is 27.7 Å². The van der Waals surface area contributed by atoms with E-state index in [-0.39, 0.29) is 11.5 Å². The number of nitrogens with zero attached hydrogens (tertiary/aromatic N) is 2. The number of halogens is 1. The van der Waals surface area contributed by atoms with Gasteiger partial charge >= 0.3 is 5.97 Å². The predicted octanol–water partition coefficient (Wildman–Crippen LogP) is 4.79. The molecule has 1 aliphatic heterocycles. The van der Waals surface area contributed by atoms with Gasteiger partial charge in [-0.1, -0.05) is 22.0 Å². The Kier molecular flexibility index (Phi) is 6.84. The van der Waals surface area contributed by atoms with Gasteiger partial charge in [-0.2, -0.15) is 0 Å². The van der Waals surface area contributed by atoms with Gasteiger partial charge in [-0.15, -0.1) is 0 Å². The third kappa shape index (κ3) is 4.52. The predicted molar refractivity (Wildman–Crippen MR) is 121 cm³/mol. The number of likely N-dealkylation sites (N-methyl/N-ethyl adjacent to an activating group) is 1. The number of aliphatic imine (C=N–C) groups is 1. The molecule has 0 bridgehead atoms. The Morgan fingerprint density at radius 2 is 1.93 bits per heavy atom. The fraction of sp³-hybridized carbons (Fsp3) is 0.190. The topological polar surface area (TPSA) is 88.4 Å². The van der Waals surface area contributed by atoms with Gasteiger partial charge in [0, 0.05) is 11.0 Å². The van der Waals surface area contributed by atoms with E-state index in [9.17, 15) is 14.7 Å². The molecule has 7 nitrogen and oxygen atoms in total. The lowest BCUT2D eigenvalue weighted by Gasteiger charge is -2.12. The summed E-state index contributed by atoms with van der Waals surface area (Å²) >= 11 is 4.74. The van der Waals surface area contributed by atoms with Gasteiger partial charge in [0.25, 0.3) is 5.91 Å². The molecule has 0 saturated carbocycles. The molecule has 0 spiro atoms. The average molecular weight is 491 g/mol. The first-order valence-electron chi connectivity index (χ1n) is 8.93. The van der Waals surface area contributed by atoms with Crippen LogP contribution in [-0.2, 0) is 4.79 Å². The number of thioether (sulfide) groups is 1. The largest absolute Gasteiger partial charge is 0.493 e. The zero-order valence-electron chi connectivity index (χ0n) is 16.5. The van der Waals surface area contributed by atoms with Crippen LogP contribution in [0.3, 0.4) is 0 Å². The first kappa shape index (κ1) is 21.9. The normalized spacial score (nSPS) is 16.4. The number of carbonyl (C=O) groups excluding carboxylic acids is 1. The van der Waals surface area contributed by atoms with Gasteiger partial charge in [0.05, 0.1) is 30.4 Å². The molecule has 0 aromatic heterocycles. The molecule has 0 unspecified atom stereocenters. The van der Waals surface area contributed by atoms with Gasteiger partial charge in [0.15, 0.2) is 16.7 Å². The van der Waals surface area contributed by atoms with Gasteiger partial charge in [-0.3, -0.25) is 9.69 Å². The van der Waals surface area contributed by atoms with Crippen molar-refractivity contribution in [2.24, 2.45) is 4.99 Å². The second-order valence-electron chi connectivity index (χ2n) is 6.14. The number of methoxy groups -OCH3 is 2. The SMILES string of the molecule is CCN1C(=O)/C(=C\c2cc(OC)c(OC)cc2Br)SC1=Nc1cccc(C(=O)O)c1. The molecule has 2 aromatic rings. The maximum Gasteiger partial charge on any atom is 0.335 e. The third-order valence-electron chi connectivity index (χ3n) is 4.31. The second kappa shape index (κ2) is 9.36. The van der Waals surface area contributed by atoms with Crippen molar-refractivity contribution in [2.75, 3.05) is 20.8 Å². The summed E-state index contributed by atoms with van der Waals surface area (Å²) < 4.78 is 11.4. The van der Waals surface area contributed by atoms with Gasteiger partial charge in [0.1, 0.15) is 0 Å². The fourth-order valence-corrected chi connectivity index (χ4v) is 4.30. The molecule has 30 heavy (non-hydrogen) atoms. The van der Waals surface area contributed by atoms with Gasteiger partial charge in [-0.25, -0.2) is 9.79 Å². The van der Waals surface area contributed by atoms with Crippen LogP contribution in [0.15, 0.2) is 50.8 Å². The minimum absolute atomic E-state index is 0.138. The summed E-state index contributed by atoms with van der Waals surface area (Å²) in [6.45, 7) is 2.30. The van der Waals surface area contributed by atoms with Gasteiger partial charge < -0.3 is 14.6 Å². The smallest absolute Gasteiger partial charge is 0.335 e. The van der Waals surface area contributed by atoms with Crippen LogP contribution < -0.4 is 9.47 Å². The lowest BCUT2D eigenvalue weighted by molar-refractivity contribution is -0.122. The van der Waals surface area contributed by atoms with Crippen molar-refractivity contribution < 1.29 is 24.2 Å². The zero-order chi connectivity index (χ0) is 21.8. The summed E-state index contributed by atoms with van der Waals surface area (Å²) in [4.78, 5) is 30.6. The monoisotopic (exact) mass is 490 g/mol. The number of ether oxygens (including phenoxy) is 2. The van der Waals surface area contributed by atoms with Crippen LogP contribution in [0.25, 0.3) is 6.08 Å². The van der Waals surface area contributed by atoms with Crippen LogP contribution in [0.1, 0.15) is 22.8 Å². The van der Waals surface area contributed by atoms with E-state index in [1.54, 1.807) is 49.5 Å². The molecule has 1 N–H and O–H groups in total. The minimum Gasteiger partial charge on any atom is -0.493 e. The first-order valence-corrected chi connectivity index (χ1v) is 10.5. The lowest BCUT2D eigenvalue weighted by Crippen LogP contribution is -2.28. The number of amidine groups is 1. The quantitative estimate of drug-likeness (QED) is 0.585. The highest BCUT2D eigenvalue weighted by molar-refractivity contribution is 9.10. The van der Waals surface area contributed by atoms with Crippen molar-refractivity contribution >= 4 is 56.5 Å². The number of benzene rings is 2. The van der Waals surface area contributed by atoms with Crippen LogP contribution in [-0.4, -0.2) is 47.8 Å². The Balaban J connectivity index is 1.98. The average Bonchev–Trinajstić information content (AvgIpc) is 3.03. The van der Waals surface area contributed by atoms with E-state index in [4.69, 9.17) is 9.47 Å². The van der Waals surface area contributed by atoms with E-state index in [0.29, 0.717) is 33.8 Å². The molecule has 1 heterocycles. The summed E-state index contributed by atoms with van der Waals surface area (Å²) in [5.74, 6) is -0.0712. The fourth-order valence-electron chi connectivity index (χ4n) is 2.81. The highest BCUT2D eigenvalue weighted by Gasteiger charge is 2.32. The number of carboxylic acids is 1. The molecule has 1 saturated heterocycles. The standard InChI is InChI=1S/C21H19BrN2O5S/c1-4-24-19(25)18(10-13-9-16(28-2)17(29-3)11-15(13)22)30-21(24)23-14-7-5-6-12(8-14)20(26)27/h5-11H,4H2,1-3H3,(H,26,27)/b18-10+,23-21?. The summed E-state index contributed by atoms with van der Waals surface area (Å²) in [5.41, 5.74) is 1.37. The van der Waals surface area contributed by atoms with Crippen LogP contribution in [0.2, 0.25) is 0 Å². The Labute approximate surface area is 186 Å². The van der Waals surface area contributed by atoms with Crippen molar-refractivity contribution in [1.29, 1.82) is 0 Å². The van der Waals surface area contributed by atoms with E-state index >= 15 is 0 Å². The summed E-state index contributed by atoms with van der Waals surface area (Å²) in [5, 5.41) is 9.67. The second-order valence-corrected chi connectivity index (χ2v) is 8.00. The minimum atomic E-state index is -1.03.